The van der Waals surface area contributed by atoms with E-state index < -0.39 is 0 Å². The third-order valence-electron chi connectivity index (χ3n) is 2.27. The van der Waals surface area contributed by atoms with E-state index in [-0.39, 0.29) is 0 Å². The van der Waals surface area contributed by atoms with Crippen molar-refractivity contribution < 1.29 is 5.11 Å². The van der Waals surface area contributed by atoms with E-state index in [1.165, 1.54) is 5.56 Å². The highest BCUT2D eigenvalue weighted by atomic mass is 16.3. The van der Waals surface area contributed by atoms with Crippen LogP contribution in [0, 0.1) is 13.8 Å². The average Bonchev–Trinajstić information content (AvgIpc) is 2.10. The van der Waals surface area contributed by atoms with Crippen LogP contribution in [0.4, 0.5) is 0 Å². The lowest BCUT2D eigenvalue weighted by molar-refractivity contribution is 0.466. The van der Waals surface area contributed by atoms with Gasteiger partial charge >= 0.3 is 0 Å². The summed E-state index contributed by atoms with van der Waals surface area (Å²) >= 11 is 0. The quantitative estimate of drug-likeness (QED) is 0.773. The third kappa shape index (κ3) is 2.74. The molecule has 1 aromatic rings. The topological polar surface area (TPSA) is 32.3 Å². The average molecular weight is 193 g/mol. The minimum Gasteiger partial charge on any atom is -0.507 e. The van der Waals surface area contributed by atoms with E-state index in [4.69, 9.17) is 0 Å². The van der Waals surface area contributed by atoms with Crippen molar-refractivity contribution in [1.29, 1.82) is 0 Å². The second-order valence-corrected chi connectivity index (χ2v) is 4.11. The summed E-state index contributed by atoms with van der Waals surface area (Å²) in [7, 11) is 0. The molecule has 0 bridgehead atoms. The Bertz CT molecular complexity index is 295. The molecule has 0 fully saturated rings. The van der Waals surface area contributed by atoms with Gasteiger partial charge in [0.2, 0.25) is 0 Å². The lowest BCUT2D eigenvalue weighted by atomic mass is 10.1. The van der Waals surface area contributed by atoms with Crippen LogP contribution >= 0.6 is 0 Å². The first-order valence-electron chi connectivity index (χ1n) is 5.03. The van der Waals surface area contributed by atoms with Crippen molar-refractivity contribution in [3.05, 3.63) is 28.8 Å². The van der Waals surface area contributed by atoms with Crippen molar-refractivity contribution >= 4 is 0 Å². The smallest absolute Gasteiger partial charge is 0.121 e. The molecule has 0 saturated heterocycles. The van der Waals surface area contributed by atoms with Crippen molar-refractivity contribution in [2.75, 3.05) is 0 Å². The molecule has 0 aliphatic carbocycles. The molecule has 0 unspecified atom stereocenters. The van der Waals surface area contributed by atoms with Gasteiger partial charge in [-0.25, -0.2) is 0 Å². The second kappa shape index (κ2) is 4.47. The molecule has 2 N–H and O–H groups in total. The number of phenols is 1. The van der Waals surface area contributed by atoms with E-state index in [9.17, 15) is 5.11 Å². The maximum absolute atomic E-state index is 9.59. The first-order valence-corrected chi connectivity index (χ1v) is 5.03. The molecule has 78 valence electrons. The number of phenolic OH excluding ortho intramolecular Hbond substituents is 1. The van der Waals surface area contributed by atoms with Crippen molar-refractivity contribution in [2.45, 2.75) is 40.3 Å². The van der Waals surface area contributed by atoms with Crippen LogP contribution in [0.25, 0.3) is 0 Å². The van der Waals surface area contributed by atoms with E-state index in [0.29, 0.717) is 11.8 Å². The van der Waals surface area contributed by atoms with Gasteiger partial charge in [0, 0.05) is 12.6 Å². The highest BCUT2D eigenvalue weighted by molar-refractivity contribution is 5.42. The standard InChI is InChI=1S/C12H19NO/c1-8(2)13-7-11-5-9(3)12(14)10(4)6-11/h5-6,8,13-14H,7H2,1-4H3. The molecule has 0 radical (unpaired) electrons. The summed E-state index contributed by atoms with van der Waals surface area (Å²) < 4.78 is 0. The number of hydrogen-bond donors (Lipinski definition) is 2. The Kier molecular flexibility index (Phi) is 3.53. The van der Waals surface area contributed by atoms with E-state index in [2.05, 4.69) is 19.2 Å². The molecule has 0 aliphatic rings. The van der Waals surface area contributed by atoms with Crippen LogP contribution in [-0.2, 0) is 6.54 Å². The molecule has 0 spiro atoms. The lowest BCUT2D eigenvalue weighted by Gasteiger charge is -2.11. The Morgan fingerprint density at radius 3 is 2.14 bits per heavy atom. The fourth-order valence-electron chi connectivity index (χ4n) is 1.47. The Balaban J connectivity index is 2.79. The zero-order valence-corrected chi connectivity index (χ0v) is 9.39. The van der Waals surface area contributed by atoms with Crippen LogP contribution < -0.4 is 5.32 Å². The molecule has 1 rings (SSSR count). The minimum absolute atomic E-state index is 0.415. The number of aryl methyl sites for hydroxylation is 2. The third-order valence-corrected chi connectivity index (χ3v) is 2.27. The molecular weight excluding hydrogens is 174 g/mol. The SMILES string of the molecule is Cc1cc(CNC(C)C)cc(C)c1O. The summed E-state index contributed by atoms with van der Waals surface area (Å²) in [6.07, 6.45) is 0. The van der Waals surface area contributed by atoms with Crippen molar-refractivity contribution in [2.24, 2.45) is 0 Å². The zero-order chi connectivity index (χ0) is 10.7. The van der Waals surface area contributed by atoms with Gasteiger partial charge in [0.15, 0.2) is 0 Å². The first-order chi connectivity index (χ1) is 6.50. The van der Waals surface area contributed by atoms with Crippen LogP contribution in [-0.4, -0.2) is 11.1 Å². The van der Waals surface area contributed by atoms with Gasteiger partial charge in [0.25, 0.3) is 0 Å². The van der Waals surface area contributed by atoms with Crippen LogP contribution in [0.1, 0.15) is 30.5 Å². The number of hydrogen-bond acceptors (Lipinski definition) is 2. The molecule has 0 aliphatic heterocycles. The number of rotatable bonds is 3. The van der Waals surface area contributed by atoms with Crippen molar-refractivity contribution in [3.8, 4) is 5.75 Å². The molecule has 1 aromatic carbocycles. The normalized spacial score (nSPS) is 10.9. The van der Waals surface area contributed by atoms with Gasteiger partial charge in [0.05, 0.1) is 0 Å². The van der Waals surface area contributed by atoms with Gasteiger partial charge in [-0.1, -0.05) is 26.0 Å². The summed E-state index contributed by atoms with van der Waals surface area (Å²) in [6.45, 7) is 8.97. The molecule has 2 nitrogen and oxygen atoms in total. The molecule has 0 saturated carbocycles. The van der Waals surface area contributed by atoms with Gasteiger partial charge in [0.1, 0.15) is 5.75 Å². The Morgan fingerprint density at radius 1 is 1.21 bits per heavy atom. The summed E-state index contributed by atoms with van der Waals surface area (Å²) in [5, 5.41) is 12.9. The summed E-state index contributed by atoms with van der Waals surface area (Å²) in [4.78, 5) is 0. The lowest BCUT2D eigenvalue weighted by Crippen LogP contribution is -2.21. The predicted octanol–water partition coefficient (Wildman–Crippen LogP) is 2.51. The van der Waals surface area contributed by atoms with E-state index >= 15 is 0 Å². The predicted molar refractivity (Wildman–Crippen MR) is 59.6 cm³/mol. The van der Waals surface area contributed by atoms with Gasteiger partial charge in [-0.2, -0.15) is 0 Å². The summed E-state index contributed by atoms with van der Waals surface area (Å²) in [5.41, 5.74) is 3.13. The first kappa shape index (κ1) is 11.1. The van der Waals surface area contributed by atoms with Crippen LogP contribution in [0.15, 0.2) is 12.1 Å². The number of nitrogens with one attached hydrogen (secondary N) is 1. The monoisotopic (exact) mass is 193 g/mol. The van der Waals surface area contributed by atoms with E-state index in [1.54, 1.807) is 0 Å². The van der Waals surface area contributed by atoms with Gasteiger partial charge in [-0.05, 0) is 30.5 Å². The van der Waals surface area contributed by atoms with Crippen LogP contribution in [0.2, 0.25) is 0 Å². The maximum Gasteiger partial charge on any atom is 0.121 e. The highest BCUT2D eigenvalue weighted by Gasteiger charge is 2.03. The van der Waals surface area contributed by atoms with Crippen LogP contribution in [0.5, 0.6) is 5.75 Å². The summed E-state index contributed by atoms with van der Waals surface area (Å²) in [6, 6.07) is 4.54. The molecular formula is C12H19NO. The largest absolute Gasteiger partial charge is 0.507 e. The fourth-order valence-corrected chi connectivity index (χ4v) is 1.47. The Labute approximate surface area is 86.0 Å². The molecule has 0 atom stereocenters. The van der Waals surface area contributed by atoms with E-state index in [1.807, 2.05) is 26.0 Å². The van der Waals surface area contributed by atoms with Crippen molar-refractivity contribution in [1.82, 2.24) is 5.32 Å². The number of benzene rings is 1. The molecule has 2 heteroatoms. The van der Waals surface area contributed by atoms with Crippen molar-refractivity contribution in [3.63, 3.8) is 0 Å². The molecule has 0 amide bonds. The molecule has 14 heavy (non-hydrogen) atoms. The van der Waals surface area contributed by atoms with E-state index in [0.717, 1.165) is 17.7 Å². The van der Waals surface area contributed by atoms with Gasteiger partial charge < -0.3 is 10.4 Å². The fraction of sp³-hybridized carbons (Fsp3) is 0.500. The molecule has 0 aromatic heterocycles. The Hall–Kier alpha value is -1.02. The van der Waals surface area contributed by atoms with Gasteiger partial charge in [-0.3, -0.25) is 0 Å². The van der Waals surface area contributed by atoms with Crippen LogP contribution in [0.3, 0.4) is 0 Å². The Morgan fingerprint density at radius 2 is 1.71 bits per heavy atom. The summed E-state index contributed by atoms with van der Waals surface area (Å²) in [5.74, 6) is 0.415. The zero-order valence-electron chi connectivity index (χ0n) is 9.39. The minimum atomic E-state index is 0.415. The maximum atomic E-state index is 9.59. The second-order valence-electron chi connectivity index (χ2n) is 4.11. The molecule has 0 heterocycles. The van der Waals surface area contributed by atoms with Gasteiger partial charge in [-0.15, -0.1) is 0 Å². The highest BCUT2D eigenvalue weighted by Crippen LogP contribution is 2.22. The number of aromatic hydroxyl groups is 1.